The van der Waals surface area contributed by atoms with Crippen molar-refractivity contribution in [1.29, 1.82) is 0 Å². The van der Waals surface area contributed by atoms with Gasteiger partial charge in [0, 0.05) is 12.7 Å². The summed E-state index contributed by atoms with van der Waals surface area (Å²) in [6.45, 7) is 2.04. The first-order chi connectivity index (χ1) is 8.66. The van der Waals surface area contributed by atoms with Crippen molar-refractivity contribution in [3.05, 3.63) is 36.7 Å². The van der Waals surface area contributed by atoms with Crippen LogP contribution >= 0.6 is 0 Å². The van der Waals surface area contributed by atoms with Crippen LogP contribution in [0, 0.1) is 0 Å². The Morgan fingerprint density at radius 1 is 1.33 bits per heavy atom. The van der Waals surface area contributed by atoms with Crippen molar-refractivity contribution < 1.29 is 0 Å². The van der Waals surface area contributed by atoms with Gasteiger partial charge in [0.25, 0.3) is 0 Å². The number of nitrogen functional groups attached to an aromatic ring is 1. The highest BCUT2D eigenvalue weighted by Gasteiger charge is 2.16. The number of hydrogen-bond donors (Lipinski definition) is 1. The number of rotatable bonds is 2. The molecule has 0 aliphatic carbocycles. The minimum Gasteiger partial charge on any atom is -0.399 e. The second-order valence-corrected chi connectivity index (χ2v) is 4.33. The molecule has 0 fully saturated rings. The molecule has 3 rings (SSSR count). The summed E-state index contributed by atoms with van der Waals surface area (Å²) >= 11 is 0. The van der Waals surface area contributed by atoms with Crippen LogP contribution in [0.3, 0.4) is 0 Å². The zero-order chi connectivity index (χ0) is 12.7. The molecule has 0 aliphatic rings. The van der Waals surface area contributed by atoms with E-state index in [1.54, 1.807) is 11.0 Å². The Hall–Kier alpha value is -2.37. The van der Waals surface area contributed by atoms with E-state index in [0.29, 0.717) is 0 Å². The van der Waals surface area contributed by atoms with Crippen LogP contribution in [-0.2, 0) is 7.05 Å². The second kappa shape index (κ2) is 3.83. The Labute approximate surface area is 104 Å². The highest BCUT2D eigenvalue weighted by molar-refractivity contribution is 5.79. The van der Waals surface area contributed by atoms with Gasteiger partial charge in [-0.3, -0.25) is 0 Å². The molecule has 0 bridgehead atoms. The van der Waals surface area contributed by atoms with Crippen molar-refractivity contribution in [3.8, 4) is 0 Å². The molecule has 1 aromatic carbocycles. The Morgan fingerprint density at radius 3 is 2.89 bits per heavy atom. The van der Waals surface area contributed by atoms with Crippen molar-refractivity contribution in [3.63, 3.8) is 0 Å². The molecule has 1 atom stereocenters. The number of hydrogen-bond acceptors (Lipinski definition) is 4. The molecule has 0 spiro atoms. The Morgan fingerprint density at radius 2 is 2.17 bits per heavy atom. The van der Waals surface area contributed by atoms with E-state index in [-0.39, 0.29) is 6.04 Å². The van der Waals surface area contributed by atoms with E-state index in [0.717, 1.165) is 22.5 Å². The fourth-order valence-electron chi connectivity index (χ4n) is 2.13. The summed E-state index contributed by atoms with van der Waals surface area (Å²) < 4.78 is 3.82. The predicted octanol–water partition coefficient (Wildman–Crippen LogP) is 1.36. The Bertz CT molecular complexity index is 682. The number of nitrogens with zero attached hydrogens (tertiary/aromatic N) is 5. The summed E-state index contributed by atoms with van der Waals surface area (Å²) in [5.41, 5.74) is 8.51. The minimum absolute atomic E-state index is 0.0334. The highest BCUT2D eigenvalue weighted by Crippen LogP contribution is 2.22. The van der Waals surface area contributed by atoms with Gasteiger partial charge in [0.2, 0.25) is 0 Å². The van der Waals surface area contributed by atoms with Gasteiger partial charge in [0.15, 0.2) is 0 Å². The summed E-state index contributed by atoms with van der Waals surface area (Å²) in [6.07, 6.45) is 3.22. The molecule has 1 unspecified atom stereocenters. The molecule has 2 heterocycles. The molecule has 18 heavy (non-hydrogen) atoms. The number of imidazole rings is 1. The minimum atomic E-state index is 0.0334. The lowest BCUT2D eigenvalue weighted by Gasteiger charge is -2.11. The molecular weight excluding hydrogens is 228 g/mol. The van der Waals surface area contributed by atoms with Gasteiger partial charge in [0.05, 0.1) is 11.0 Å². The smallest absolute Gasteiger partial charge is 0.137 e. The maximum atomic E-state index is 5.80. The molecule has 0 saturated carbocycles. The number of fused-ring (bicyclic) bond motifs is 1. The van der Waals surface area contributed by atoms with Crippen LogP contribution in [0.25, 0.3) is 11.0 Å². The fraction of sp³-hybridized carbons (Fsp3) is 0.250. The lowest BCUT2D eigenvalue weighted by atomic mass is 10.3. The molecule has 6 heteroatoms. The van der Waals surface area contributed by atoms with E-state index < -0.39 is 0 Å². The molecule has 0 aliphatic heterocycles. The van der Waals surface area contributed by atoms with Gasteiger partial charge in [-0.1, -0.05) is 0 Å². The summed E-state index contributed by atoms with van der Waals surface area (Å²) in [6, 6.07) is 5.76. The van der Waals surface area contributed by atoms with E-state index in [1.165, 1.54) is 6.33 Å². The third kappa shape index (κ3) is 1.54. The molecule has 0 saturated heterocycles. The average Bonchev–Trinajstić information content (AvgIpc) is 2.98. The summed E-state index contributed by atoms with van der Waals surface area (Å²) in [4.78, 5) is 8.59. The van der Waals surface area contributed by atoms with Gasteiger partial charge in [-0.15, -0.1) is 0 Å². The zero-order valence-electron chi connectivity index (χ0n) is 10.3. The average molecular weight is 242 g/mol. The van der Waals surface area contributed by atoms with Crippen LogP contribution in [0.15, 0.2) is 30.9 Å². The van der Waals surface area contributed by atoms with Gasteiger partial charge in [0.1, 0.15) is 24.5 Å². The molecule has 0 radical (unpaired) electrons. The maximum Gasteiger partial charge on any atom is 0.137 e. The number of nitrogens with two attached hydrogens (primary N) is 1. The lowest BCUT2D eigenvalue weighted by molar-refractivity contribution is 0.522. The van der Waals surface area contributed by atoms with Crippen LogP contribution in [0.5, 0.6) is 0 Å². The molecule has 2 N–H and O–H groups in total. The van der Waals surface area contributed by atoms with E-state index >= 15 is 0 Å². The first-order valence-corrected chi connectivity index (χ1v) is 5.73. The topological polar surface area (TPSA) is 74.5 Å². The summed E-state index contributed by atoms with van der Waals surface area (Å²) in [5, 5.41) is 4.15. The van der Waals surface area contributed by atoms with Gasteiger partial charge in [-0.2, -0.15) is 5.10 Å². The van der Waals surface area contributed by atoms with Crippen molar-refractivity contribution in [2.24, 2.45) is 7.05 Å². The van der Waals surface area contributed by atoms with Crippen LogP contribution in [0.2, 0.25) is 0 Å². The standard InChI is InChI=1S/C12H14N6/c1-8(18-7-14-6-15-18)12-16-10-4-3-9(13)5-11(10)17(12)2/h3-8H,13H2,1-2H3. The van der Waals surface area contributed by atoms with Crippen molar-refractivity contribution in [2.75, 3.05) is 5.73 Å². The fourth-order valence-corrected chi connectivity index (χ4v) is 2.13. The lowest BCUT2D eigenvalue weighted by Crippen LogP contribution is -2.12. The zero-order valence-corrected chi connectivity index (χ0v) is 10.3. The first kappa shape index (κ1) is 10.8. The molecule has 6 nitrogen and oxygen atoms in total. The van der Waals surface area contributed by atoms with Crippen LogP contribution in [-0.4, -0.2) is 24.3 Å². The predicted molar refractivity (Wildman–Crippen MR) is 69.0 cm³/mol. The Kier molecular flexibility index (Phi) is 2.29. The van der Waals surface area contributed by atoms with Gasteiger partial charge in [-0.05, 0) is 25.1 Å². The SMILES string of the molecule is CC(c1nc2ccc(N)cc2n1C)n1cncn1. The molecule has 92 valence electrons. The highest BCUT2D eigenvalue weighted by atomic mass is 15.3. The van der Waals surface area contributed by atoms with Crippen LogP contribution in [0.1, 0.15) is 18.8 Å². The normalized spacial score (nSPS) is 13.0. The third-order valence-corrected chi connectivity index (χ3v) is 3.15. The quantitative estimate of drug-likeness (QED) is 0.688. The van der Waals surface area contributed by atoms with E-state index in [1.807, 2.05) is 36.7 Å². The second-order valence-electron chi connectivity index (χ2n) is 4.33. The van der Waals surface area contributed by atoms with Crippen molar-refractivity contribution in [1.82, 2.24) is 24.3 Å². The molecule has 3 aromatic rings. The van der Waals surface area contributed by atoms with Gasteiger partial charge >= 0.3 is 0 Å². The first-order valence-electron chi connectivity index (χ1n) is 5.73. The Balaban J connectivity index is 2.15. The summed E-state index contributed by atoms with van der Waals surface area (Å²) in [5.74, 6) is 0.932. The number of benzene rings is 1. The largest absolute Gasteiger partial charge is 0.399 e. The van der Waals surface area contributed by atoms with Crippen molar-refractivity contribution >= 4 is 16.7 Å². The molecule has 0 amide bonds. The van der Waals surface area contributed by atoms with E-state index in [9.17, 15) is 0 Å². The maximum absolute atomic E-state index is 5.80. The molecule has 2 aromatic heterocycles. The van der Waals surface area contributed by atoms with E-state index in [2.05, 4.69) is 15.1 Å². The number of aromatic nitrogens is 5. The monoisotopic (exact) mass is 242 g/mol. The molecular formula is C12H14N6. The van der Waals surface area contributed by atoms with Gasteiger partial charge < -0.3 is 10.3 Å². The third-order valence-electron chi connectivity index (χ3n) is 3.15. The van der Waals surface area contributed by atoms with Crippen molar-refractivity contribution in [2.45, 2.75) is 13.0 Å². The van der Waals surface area contributed by atoms with Crippen LogP contribution < -0.4 is 5.73 Å². The number of anilines is 1. The van der Waals surface area contributed by atoms with E-state index in [4.69, 9.17) is 5.73 Å². The van der Waals surface area contributed by atoms with Crippen LogP contribution in [0.4, 0.5) is 5.69 Å². The summed E-state index contributed by atoms with van der Waals surface area (Å²) in [7, 11) is 1.98. The number of aryl methyl sites for hydroxylation is 1. The van der Waals surface area contributed by atoms with Gasteiger partial charge in [-0.25, -0.2) is 14.6 Å².